The van der Waals surface area contributed by atoms with E-state index in [2.05, 4.69) is 10.3 Å². The standard InChI is InChI=1S/C18H29N3O3S/c1-14-7-6-8-15(2)16(14)24-11-9-20-17(19-5)21-10-12-25(22,23)18(3,4)13-21/h6-8H,9-13H2,1-5H3,(H,19,20). The van der Waals surface area contributed by atoms with Crippen LogP contribution in [0.5, 0.6) is 5.75 Å². The molecule has 0 amide bonds. The van der Waals surface area contributed by atoms with Crippen molar-refractivity contribution in [2.24, 2.45) is 4.99 Å². The Hall–Kier alpha value is -1.76. The molecule has 1 N–H and O–H groups in total. The Bertz CT molecular complexity index is 722. The van der Waals surface area contributed by atoms with E-state index in [9.17, 15) is 8.42 Å². The number of benzene rings is 1. The van der Waals surface area contributed by atoms with Gasteiger partial charge in [-0.05, 0) is 38.8 Å². The molecule has 0 radical (unpaired) electrons. The summed E-state index contributed by atoms with van der Waals surface area (Å²) in [5, 5.41) is 3.27. The second kappa shape index (κ2) is 7.64. The van der Waals surface area contributed by atoms with Gasteiger partial charge in [0.05, 0.1) is 17.0 Å². The van der Waals surface area contributed by atoms with Gasteiger partial charge in [0.25, 0.3) is 0 Å². The first-order chi connectivity index (χ1) is 11.7. The van der Waals surface area contributed by atoms with Gasteiger partial charge in [0.1, 0.15) is 12.4 Å². The number of para-hydroxylation sites is 1. The first-order valence-electron chi connectivity index (χ1n) is 8.55. The topological polar surface area (TPSA) is 71.0 Å². The smallest absolute Gasteiger partial charge is 0.193 e. The van der Waals surface area contributed by atoms with Crippen LogP contribution in [0.1, 0.15) is 25.0 Å². The Morgan fingerprint density at radius 2 is 1.96 bits per heavy atom. The maximum absolute atomic E-state index is 12.1. The Labute approximate surface area is 151 Å². The van der Waals surface area contributed by atoms with Crippen LogP contribution >= 0.6 is 0 Å². The molecule has 140 valence electrons. The fraction of sp³-hybridized carbons (Fsp3) is 0.611. The van der Waals surface area contributed by atoms with Crippen LogP contribution in [0.4, 0.5) is 0 Å². The van der Waals surface area contributed by atoms with Crippen molar-refractivity contribution in [3.05, 3.63) is 29.3 Å². The molecule has 0 aliphatic carbocycles. The molecule has 1 aliphatic rings. The van der Waals surface area contributed by atoms with E-state index < -0.39 is 14.6 Å². The fourth-order valence-corrected chi connectivity index (χ4v) is 4.37. The van der Waals surface area contributed by atoms with Gasteiger partial charge in [0.15, 0.2) is 15.8 Å². The van der Waals surface area contributed by atoms with Crippen LogP contribution in [0.3, 0.4) is 0 Å². The van der Waals surface area contributed by atoms with Gasteiger partial charge in [-0.25, -0.2) is 8.42 Å². The van der Waals surface area contributed by atoms with Crippen LogP contribution in [0.15, 0.2) is 23.2 Å². The van der Waals surface area contributed by atoms with Gasteiger partial charge in [-0.2, -0.15) is 0 Å². The van der Waals surface area contributed by atoms with Gasteiger partial charge < -0.3 is 15.0 Å². The van der Waals surface area contributed by atoms with Crippen LogP contribution in [-0.2, 0) is 9.84 Å². The SMILES string of the molecule is CN=C(NCCOc1c(C)cccc1C)N1CCS(=O)(=O)C(C)(C)C1. The van der Waals surface area contributed by atoms with E-state index in [-0.39, 0.29) is 5.75 Å². The molecule has 1 heterocycles. The van der Waals surface area contributed by atoms with Crippen molar-refractivity contribution < 1.29 is 13.2 Å². The predicted molar refractivity (Wildman–Crippen MR) is 102 cm³/mol. The summed E-state index contributed by atoms with van der Waals surface area (Å²) in [7, 11) is -1.34. The maximum Gasteiger partial charge on any atom is 0.193 e. The molecule has 1 saturated heterocycles. The second-order valence-corrected chi connectivity index (χ2v) is 9.79. The molecule has 1 aromatic rings. The van der Waals surface area contributed by atoms with Crippen molar-refractivity contribution in [1.29, 1.82) is 0 Å². The van der Waals surface area contributed by atoms with Gasteiger partial charge in [-0.1, -0.05) is 18.2 Å². The third-order valence-electron chi connectivity index (χ3n) is 4.60. The fourth-order valence-electron chi connectivity index (χ4n) is 3.00. The highest BCUT2D eigenvalue weighted by Gasteiger charge is 2.40. The molecule has 0 saturated carbocycles. The number of aryl methyl sites for hydroxylation is 2. The highest BCUT2D eigenvalue weighted by Crippen LogP contribution is 2.24. The zero-order valence-electron chi connectivity index (χ0n) is 15.8. The highest BCUT2D eigenvalue weighted by atomic mass is 32.2. The summed E-state index contributed by atoms with van der Waals surface area (Å²) in [4.78, 5) is 6.29. The molecule has 0 atom stereocenters. The molecule has 2 rings (SSSR count). The number of ether oxygens (including phenoxy) is 1. The van der Waals surface area contributed by atoms with E-state index in [1.165, 1.54) is 0 Å². The summed E-state index contributed by atoms with van der Waals surface area (Å²) in [6.45, 7) is 9.62. The number of nitrogens with zero attached hydrogens (tertiary/aromatic N) is 2. The van der Waals surface area contributed by atoms with E-state index in [1.807, 2.05) is 36.9 Å². The first kappa shape index (κ1) is 19.6. The minimum Gasteiger partial charge on any atom is -0.491 e. The van der Waals surface area contributed by atoms with E-state index >= 15 is 0 Å². The number of sulfone groups is 1. The largest absolute Gasteiger partial charge is 0.491 e. The monoisotopic (exact) mass is 367 g/mol. The summed E-state index contributed by atoms with van der Waals surface area (Å²) in [5.41, 5.74) is 2.24. The summed E-state index contributed by atoms with van der Waals surface area (Å²) in [5.74, 6) is 1.79. The Morgan fingerprint density at radius 1 is 1.32 bits per heavy atom. The lowest BCUT2D eigenvalue weighted by Crippen LogP contribution is -2.57. The molecule has 0 bridgehead atoms. The van der Waals surface area contributed by atoms with Crippen molar-refractivity contribution in [1.82, 2.24) is 10.2 Å². The lowest BCUT2D eigenvalue weighted by molar-refractivity contribution is 0.309. The molecule has 1 aromatic carbocycles. The molecule has 0 spiro atoms. The molecule has 1 fully saturated rings. The molecule has 7 heteroatoms. The van der Waals surface area contributed by atoms with Crippen LogP contribution in [0.2, 0.25) is 0 Å². The van der Waals surface area contributed by atoms with Gasteiger partial charge in [-0.15, -0.1) is 0 Å². The van der Waals surface area contributed by atoms with Crippen LogP contribution in [0.25, 0.3) is 0 Å². The molecule has 6 nitrogen and oxygen atoms in total. The van der Waals surface area contributed by atoms with Gasteiger partial charge in [-0.3, -0.25) is 4.99 Å². The van der Waals surface area contributed by atoms with Gasteiger partial charge in [0, 0.05) is 20.1 Å². The predicted octanol–water partition coefficient (Wildman–Crippen LogP) is 1.77. The van der Waals surface area contributed by atoms with E-state index in [0.717, 1.165) is 16.9 Å². The number of hydrogen-bond donors (Lipinski definition) is 1. The van der Waals surface area contributed by atoms with E-state index in [0.29, 0.717) is 32.2 Å². The number of aliphatic imine (C=N–C) groups is 1. The van der Waals surface area contributed by atoms with Crippen LogP contribution < -0.4 is 10.1 Å². The third-order valence-corrected chi connectivity index (χ3v) is 7.13. The van der Waals surface area contributed by atoms with Crippen molar-refractivity contribution >= 4 is 15.8 Å². The van der Waals surface area contributed by atoms with Crippen molar-refractivity contribution in [2.75, 3.05) is 39.0 Å². The van der Waals surface area contributed by atoms with Crippen molar-refractivity contribution in [2.45, 2.75) is 32.4 Å². The maximum atomic E-state index is 12.1. The minimum absolute atomic E-state index is 0.152. The van der Waals surface area contributed by atoms with E-state index in [1.54, 1.807) is 20.9 Å². The summed E-state index contributed by atoms with van der Waals surface area (Å²) >= 11 is 0. The quantitative estimate of drug-likeness (QED) is 0.499. The van der Waals surface area contributed by atoms with E-state index in [4.69, 9.17) is 4.74 Å². The molecule has 25 heavy (non-hydrogen) atoms. The Kier molecular flexibility index (Phi) is 5.98. The lowest BCUT2D eigenvalue weighted by atomic mass is 10.1. The molecule has 0 aromatic heterocycles. The summed E-state index contributed by atoms with van der Waals surface area (Å²) in [6, 6.07) is 6.08. The van der Waals surface area contributed by atoms with Crippen molar-refractivity contribution in [3.63, 3.8) is 0 Å². The van der Waals surface area contributed by atoms with Gasteiger partial charge in [0.2, 0.25) is 0 Å². The number of guanidine groups is 1. The second-order valence-electron chi connectivity index (χ2n) is 7.04. The summed E-state index contributed by atoms with van der Waals surface area (Å²) < 4.78 is 29.4. The summed E-state index contributed by atoms with van der Waals surface area (Å²) in [6.07, 6.45) is 0. The zero-order valence-corrected chi connectivity index (χ0v) is 16.6. The Morgan fingerprint density at radius 3 is 2.52 bits per heavy atom. The third kappa shape index (κ3) is 4.45. The average Bonchev–Trinajstić information content (AvgIpc) is 2.53. The first-order valence-corrected chi connectivity index (χ1v) is 10.2. The normalized spacial score (nSPS) is 19.6. The Balaban J connectivity index is 1.89. The molecular weight excluding hydrogens is 338 g/mol. The lowest BCUT2D eigenvalue weighted by Gasteiger charge is -2.39. The molecular formula is C18H29N3O3S. The van der Waals surface area contributed by atoms with Crippen LogP contribution in [-0.4, -0.2) is 63.1 Å². The molecule has 1 aliphatic heterocycles. The number of nitrogens with one attached hydrogen (secondary N) is 1. The van der Waals surface area contributed by atoms with Crippen LogP contribution in [0, 0.1) is 13.8 Å². The number of hydrogen-bond acceptors (Lipinski definition) is 4. The van der Waals surface area contributed by atoms with Gasteiger partial charge >= 0.3 is 0 Å². The van der Waals surface area contributed by atoms with Crippen molar-refractivity contribution in [3.8, 4) is 5.75 Å². The molecule has 0 unspecified atom stereocenters. The number of rotatable bonds is 4. The zero-order chi connectivity index (χ0) is 18.7. The minimum atomic E-state index is -3.06. The highest BCUT2D eigenvalue weighted by molar-refractivity contribution is 7.92. The average molecular weight is 368 g/mol.